The monoisotopic (exact) mass is 344 g/mol. The molecule has 0 unspecified atom stereocenters. The molecule has 0 spiro atoms. The number of nitriles is 1. The highest BCUT2D eigenvalue weighted by atomic mass is 35.5. The molecule has 0 atom stereocenters. The standard InChI is InChI=1S/C17H17ClN4O2/c1-10-14(11(2)22(3)21-10)7-12(9-19)17(23)20-15-8-13(18)5-6-16(15)24-4/h5-8H,1-4H3,(H,20,23)/b12-7+. The van der Waals surface area contributed by atoms with Gasteiger partial charge in [-0.25, -0.2) is 0 Å². The van der Waals surface area contributed by atoms with Crippen molar-refractivity contribution in [1.82, 2.24) is 9.78 Å². The van der Waals surface area contributed by atoms with Crippen LogP contribution in [0.15, 0.2) is 23.8 Å². The van der Waals surface area contributed by atoms with Gasteiger partial charge in [0, 0.05) is 23.3 Å². The lowest BCUT2D eigenvalue weighted by Crippen LogP contribution is -2.14. The predicted molar refractivity (Wildman–Crippen MR) is 92.9 cm³/mol. The summed E-state index contributed by atoms with van der Waals surface area (Å²) in [5, 5.41) is 16.7. The fourth-order valence-corrected chi connectivity index (χ4v) is 2.43. The molecule has 0 aliphatic rings. The van der Waals surface area contributed by atoms with Crippen molar-refractivity contribution >= 4 is 29.3 Å². The van der Waals surface area contributed by atoms with E-state index < -0.39 is 5.91 Å². The molecule has 0 saturated heterocycles. The van der Waals surface area contributed by atoms with Crippen molar-refractivity contribution in [2.24, 2.45) is 7.05 Å². The van der Waals surface area contributed by atoms with E-state index in [9.17, 15) is 10.1 Å². The third kappa shape index (κ3) is 3.58. The van der Waals surface area contributed by atoms with Gasteiger partial charge >= 0.3 is 0 Å². The van der Waals surface area contributed by atoms with E-state index >= 15 is 0 Å². The number of aromatic nitrogens is 2. The molecule has 0 bridgehead atoms. The molecule has 0 saturated carbocycles. The second kappa shape index (κ2) is 7.20. The van der Waals surface area contributed by atoms with E-state index in [0.717, 1.165) is 17.0 Å². The van der Waals surface area contributed by atoms with E-state index in [0.29, 0.717) is 16.5 Å². The van der Waals surface area contributed by atoms with Crippen molar-refractivity contribution in [3.63, 3.8) is 0 Å². The first-order chi connectivity index (χ1) is 11.4. The van der Waals surface area contributed by atoms with Crippen LogP contribution in [0.2, 0.25) is 5.02 Å². The van der Waals surface area contributed by atoms with Gasteiger partial charge in [-0.15, -0.1) is 0 Å². The van der Waals surface area contributed by atoms with Crippen LogP contribution in [-0.2, 0) is 11.8 Å². The normalized spacial score (nSPS) is 11.1. The number of methoxy groups -OCH3 is 1. The van der Waals surface area contributed by atoms with Crippen LogP contribution in [0.1, 0.15) is 17.0 Å². The van der Waals surface area contributed by atoms with Crippen LogP contribution in [0.3, 0.4) is 0 Å². The summed E-state index contributed by atoms with van der Waals surface area (Å²) in [5.74, 6) is -0.0838. The number of hydrogen-bond acceptors (Lipinski definition) is 4. The highest BCUT2D eigenvalue weighted by Gasteiger charge is 2.15. The summed E-state index contributed by atoms with van der Waals surface area (Å²) < 4.78 is 6.89. The molecule has 0 radical (unpaired) electrons. The summed E-state index contributed by atoms with van der Waals surface area (Å²) in [4.78, 5) is 12.4. The minimum absolute atomic E-state index is 0.0313. The summed E-state index contributed by atoms with van der Waals surface area (Å²) in [7, 11) is 3.30. The van der Waals surface area contributed by atoms with E-state index in [-0.39, 0.29) is 5.57 Å². The summed E-state index contributed by atoms with van der Waals surface area (Å²) in [6.07, 6.45) is 1.53. The highest BCUT2D eigenvalue weighted by Crippen LogP contribution is 2.28. The van der Waals surface area contributed by atoms with Crippen molar-refractivity contribution in [1.29, 1.82) is 5.26 Å². The van der Waals surface area contributed by atoms with Gasteiger partial charge in [0.2, 0.25) is 0 Å². The highest BCUT2D eigenvalue weighted by molar-refractivity contribution is 6.31. The van der Waals surface area contributed by atoms with E-state index in [1.807, 2.05) is 27.0 Å². The minimum atomic E-state index is -0.541. The average molecular weight is 345 g/mol. The second-order valence-corrected chi connectivity index (χ2v) is 5.61. The predicted octanol–water partition coefficient (Wildman–Crippen LogP) is 3.24. The lowest BCUT2D eigenvalue weighted by Gasteiger charge is -2.10. The van der Waals surface area contributed by atoms with Gasteiger partial charge in [-0.1, -0.05) is 11.6 Å². The Morgan fingerprint density at radius 2 is 2.17 bits per heavy atom. The van der Waals surface area contributed by atoms with Gasteiger partial charge in [-0.2, -0.15) is 10.4 Å². The maximum absolute atomic E-state index is 12.4. The lowest BCUT2D eigenvalue weighted by molar-refractivity contribution is -0.112. The van der Waals surface area contributed by atoms with Crippen LogP contribution in [-0.4, -0.2) is 22.8 Å². The molecule has 7 heteroatoms. The Kier molecular flexibility index (Phi) is 5.27. The molecule has 2 rings (SSSR count). The lowest BCUT2D eigenvalue weighted by atomic mass is 10.1. The number of hydrogen-bond donors (Lipinski definition) is 1. The number of carbonyl (C=O) groups excluding carboxylic acids is 1. The zero-order valence-electron chi connectivity index (χ0n) is 13.8. The van der Waals surface area contributed by atoms with Gasteiger partial charge in [-0.05, 0) is 38.1 Å². The average Bonchev–Trinajstić information content (AvgIpc) is 2.78. The number of nitrogens with zero attached hydrogens (tertiary/aromatic N) is 3. The van der Waals surface area contributed by atoms with Crippen LogP contribution in [0.25, 0.3) is 6.08 Å². The summed E-state index contributed by atoms with van der Waals surface area (Å²) in [5.41, 5.74) is 2.73. The molecule has 6 nitrogen and oxygen atoms in total. The Hall–Kier alpha value is -2.78. The summed E-state index contributed by atoms with van der Waals surface area (Å²) in [6, 6.07) is 6.78. The fourth-order valence-electron chi connectivity index (χ4n) is 2.26. The van der Waals surface area contributed by atoms with E-state index in [1.165, 1.54) is 13.2 Å². The van der Waals surface area contributed by atoms with Gasteiger partial charge in [0.05, 0.1) is 18.5 Å². The number of ether oxygens (including phenoxy) is 1. The quantitative estimate of drug-likeness (QED) is 0.682. The largest absolute Gasteiger partial charge is 0.495 e. The third-order valence-electron chi connectivity index (χ3n) is 3.63. The van der Waals surface area contributed by atoms with Crippen LogP contribution < -0.4 is 10.1 Å². The first-order valence-corrected chi connectivity index (χ1v) is 7.52. The fraction of sp³-hybridized carbons (Fsp3) is 0.235. The van der Waals surface area contributed by atoms with Gasteiger partial charge in [-0.3, -0.25) is 9.48 Å². The van der Waals surface area contributed by atoms with Crippen molar-refractivity contribution < 1.29 is 9.53 Å². The molecule has 24 heavy (non-hydrogen) atoms. The first kappa shape index (κ1) is 17.6. The SMILES string of the molecule is COc1ccc(Cl)cc1NC(=O)/C(C#N)=C/c1c(C)nn(C)c1C. The molecular formula is C17H17ClN4O2. The van der Waals surface area contributed by atoms with E-state index in [4.69, 9.17) is 16.3 Å². The van der Waals surface area contributed by atoms with Gasteiger partial charge in [0.1, 0.15) is 17.4 Å². The maximum Gasteiger partial charge on any atom is 0.266 e. The number of halogens is 1. The van der Waals surface area contributed by atoms with Gasteiger partial charge in [0.15, 0.2) is 0 Å². The maximum atomic E-state index is 12.4. The molecule has 1 amide bonds. The molecule has 0 aliphatic carbocycles. The van der Waals surface area contributed by atoms with Crippen LogP contribution in [0, 0.1) is 25.2 Å². The third-order valence-corrected chi connectivity index (χ3v) is 3.86. The minimum Gasteiger partial charge on any atom is -0.495 e. The van der Waals surface area contributed by atoms with Crippen molar-refractivity contribution in [3.05, 3.63) is 45.7 Å². The number of aryl methyl sites for hydroxylation is 2. The van der Waals surface area contributed by atoms with Crippen LogP contribution in [0.5, 0.6) is 5.75 Å². The summed E-state index contributed by atoms with van der Waals surface area (Å²) in [6.45, 7) is 3.70. The smallest absolute Gasteiger partial charge is 0.266 e. The number of nitrogens with one attached hydrogen (secondary N) is 1. The molecule has 1 heterocycles. The molecular weight excluding hydrogens is 328 g/mol. The molecule has 1 N–H and O–H groups in total. The molecule has 1 aromatic carbocycles. The van der Waals surface area contributed by atoms with Crippen molar-refractivity contribution in [3.8, 4) is 11.8 Å². The molecule has 0 fully saturated rings. The molecule has 1 aromatic heterocycles. The summed E-state index contributed by atoms with van der Waals surface area (Å²) >= 11 is 5.95. The zero-order valence-corrected chi connectivity index (χ0v) is 14.6. The zero-order chi connectivity index (χ0) is 17.9. The van der Waals surface area contributed by atoms with E-state index in [1.54, 1.807) is 22.9 Å². The first-order valence-electron chi connectivity index (χ1n) is 7.14. The van der Waals surface area contributed by atoms with Gasteiger partial charge < -0.3 is 10.1 Å². The molecule has 0 aliphatic heterocycles. The Bertz CT molecular complexity index is 862. The molecule has 124 valence electrons. The molecule has 2 aromatic rings. The number of carbonyl (C=O) groups is 1. The number of amides is 1. The Morgan fingerprint density at radius 1 is 1.46 bits per heavy atom. The van der Waals surface area contributed by atoms with E-state index in [2.05, 4.69) is 10.4 Å². The number of rotatable bonds is 4. The van der Waals surface area contributed by atoms with Gasteiger partial charge in [0.25, 0.3) is 5.91 Å². The Morgan fingerprint density at radius 3 is 2.71 bits per heavy atom. The second-order valence-electron chi connectivity index (χ2n) is 5.18. The topological polar surface area (TPSA) is 79.9 Å². The Labute approximate surface area is 145 Å². The van der Waals surface area contributed by atoms with Crippen molar-refractivity contribution in [2.45, 2.75) is 13.8 Å². The number of benzene rings is 1. The van der Waals surface area contributed by atoms with Crippen molar-refractivity contribution in [2.75, 3.05) is 12.4 Å². The number of anilines is 1. The van der Waals surface area contributed by atoms with Crippen LogP contribution >= 0.6 is 11.6 Å². The Balaban J connectivity index is 2.35. The van der Waals surface area contributed by atoms with Crippen LogP contribution in [0.4, 0.5) is 5.69 Å².